The summed E-state index contributed by atoms with van der Waals surface area (Å²) in [6.07, 6.45) is 0. The predicted octanol–water partition coefficient (Wildman–Crippen LogP) is 2.00. The molecule has 0 atom stereocenters. The van der Waals surface area contributed by atoms with Crippen molar-refractivity contribution in [3.8, 4) is 11.1 Å². The van der Waals surface area contributed by atoms with E-state index in [0.29, 0.717) is 0 Å². The topological polar surface area (TPSA) is 74.6 Å². The van der Waals surface area contributed by atoms with Crippen LogP contribution in [0.4, 0.5) is 0 Å². The first kappa shape index (κ1) is 13.7. The van der Waals surface area contributed by atoms with Crippen LogP contribution in [0.2, 0.25) is 0 Å². The van der Waals surface area contributed by atoms with Gasteiger partial charge in [-0.15, -0.1) is 0 Å². The third kappa shape index (κ3) is 6.74. The molecule has 2 aromatic carbocycles. The van der Waals surface area contributed by atoms with Gasteiger partial charge in [0, 0.05) is 0 Å². The van der Waals surface area contributed by atoms with E-state index < -0.39 is 16.7 Å². The summed E-state index contributed by atoms with van der Waals surface area (Å²) in [7, 11) is 0. The van der Waals surface area contributed by atoms with Crippen LogP contribution in [-0.4, -0.2) is 7.52 Å². The molecule has 0 saturated heterocycles. The van der Waals surface area contributed by atoms with E-state index in [1.54, 1.807) is 0 Å². The molecule has 4 nitrogen and oxygen atoms in total. The van der Waals surface area contributed by atoms with Crippen molar-refractivity contribution >= 4 is 0 Å². The van der Waals surface area contributed by atoms with Gasteiger partial charge in [-0.1, -0.05) is 60.7 Å². The Morgan fingerprint density at radius 1 is 0.647 bits per heavy atom. The average molecular weight is 316 g/mol. The van der Waals surface area contributed by atoms with E-state index in [-0.39, 0.29) is 0 Å². The molecule has 90 valence electrons. The molecular formula is C12H12MoO4. The van der Waals surface area contributed by atoms with Crippen molar-refractivity contribution in [1.29, 1.82) is 0 Å². The minimum Gasteiger partial charge on any atom is -0.0622 e. The summed E-state index contributed by atoms with van der Waals surface area (Å²) >= 11 is -5.52. The SMILES string of the molecule is [O]=[Mo](=[O])([OH])[OH].c1ccc(-c2ccccc2)cc1. The Labute approximate surface area is 103 Å². The number of hydrogen-bond donors (Lipinski definition) is 2. The molecule has 0 amide bonds. The summed E-state index contributed by atoms with van der Waals surface area (Å²) in [6, 6.07) is 20.8. The fraction of sp³-hybridized carbons (Fsp3) is 0. The van der Waals surface area contributed by atoms with Crippen molar-refractivity contribution in [2.45, 2.75) is 0 Å². The van der Waals surface area contributed by atoms with Crippen LogP contribution in [0.1, 0.15) is 0 Å². The van der Waals surface area contributed by atoms with Gasteiger partial charge >= 0.3 is 31.1 Å². The van der Waals surface area contributed by atoms with Crippen molar-refractivity contribution in [2.24, 2.45) is 0 Å². The van der Waals surface area contributed by atoms with E-state index in [4.69, 9.17) is 14.3 Å². The second-order valence-electron chi connectivity index (χ2n) is 3.18. The third-order valence-electron chi connectivity index (χ3n) is 1.88. The van der Waals surface area contributed by atoms with Crippen molar-refractivity contribution in [3.05, 3.63) is 60.7 Å². The Bertz CT molecular complexity index is 490. The van der Waals surface area contributed by atoms with E-state index in [1.165, 1.54) is 11.1 Å². The summed E-state index contributed by atoms with van der Waals surface area (Å²) in [6.45, 7) is 0. The number of hydrogen-bond acceptors (Lipinski definition) is 2. The molecule has 5 heteroatoms. The van der Waals surface area contributed by atoms with Crippen LogP contribution < -0.4 is 0 Å². The summed E-state index contributed by atoms with van der Waals surface area (Å²) in [5.41, 5.74) is 2.55. The molecule has 0 aliphatic heterocycles. The van der Waals surface area contributed by atoms with Gasteiger partial charge in [0.15, 0.2) is 0 Å². The van der Waals surface area contributed by atoms with Gasteiger partial charge in [-0.05, 0) is 11.1 Å². The largest absolute Gasteiger partial charge is 0.0622 e. The van der Waals surface area contributed by atoms with Crippen LogP contribution in [0.3, 0.4) is 0 Å². The van der Waals surface area contributed by atoms with Gasteiger partial charge in [-0.2, -0.15) is 0 Å². The molecule has 0 radical (unpaired) electrons. The van der Waals surface area contributed by atoms with Gasteiger partial charge in [0.2, 0.25) is 0 Å². The molecule has 2 N–H and O–H groups in total. The number of benzene rings is 2. The van der Waals surface area contributed by atoms with Crippen LogP contribution in [0.15, 0.2) is 60.7 Å². The molecule has 0 spiro atoms. The Morgan fingerprint density at radius 2 is 0.882 bits per heavy atom. The maximum Gasteiger partial charge on any atom is -0.0184 e. The first-order valence-corrected chi connectivity index (χ1v) is 8.20. The Morgan fingerprint density at radius 3 is 1.12 bits per heavy atom. The van der Waals surface area contributed by atoms with Gasteiger partial charge in [-0.3, -0.25) is 0 Å². The molecule has 0 aliphatic rings. The maximum absolute atomic E-state index is 8.85. The van der Waals surface area contributed by atoms with Crippen LogP contribution in [-0.2, 0) is 23.5 Å². The van der Waals surface area contributed by atoms with Gasteiger partial charge in [0.25, 0.3) is 0 Å². The summed E-state index contributed by atoms with van der Waals surface area (Å²) < 4.78 is 32.0. The minimum atomic E-state index is -5.52. The van der Waals surface area contributed by atoms with Crippen LogP contribution in [0.25, 0.3) is 11.1 Å². The van der Waals surface area contributed by atoms with E-state index in [9.17, 15) is 0 Å². The monoisotopic (exact) mass is 318 g/mol. The van der Waals surface area contributed by atoms with Gasteiger partial charge in [0.1, 0.15) is 0 Å². The standard InChI is InChI=1S/C12H10.Mo.2H2O.2O/c1-3-7-11(8-4-1)12-9-5-2-6-10-12;;;;;/h1-10H;;2*1H2;;/q;+2;;;;/p-2. The quantitative estimate of drug-likeness (QED) is 0.789. The second kappa shape index (κ2) is 6.40. The predicted molar refractivity (Wildman–Crippen MR) is 57.7 cm³/mol. The molecule has 2 rings (SSSR count). The van der Waals surface area contributed by atoms with Gasteiger partial charge in [-0.25, -0.2) is 0 Å². The van der Waals surface area contributed by atoms with E-state index in [1.807, 2.05) is 12.1 Å². The molecule has 0 unspecified atom stereocenters. The third-order valence-corrected chi connectivity index (χ3v) is 1.88. The van der Waals surface area contributed by atoms with E-state index >= 15 is 0 Å². The van der Waals surface area contributed by atoms with Crippen LogP contribution in [0, 0.1) is 0 Å². The fourth-order valence-electron chi connectivity index (χ4n) is 1.26. The van der Waals surface area contributed by atoms with Crippen molar-refractivity contribution < 1.29 is 31.1 Å². The molecule has 0 saturated carbocycles. The Balaban J connectivity index is 0.000000249. The maximum atomic E-state index is 8.85. The Kier molecular flexibility index (Phi) is 5.16. The summed E-state index contributed by atoms with van der Waals surface area (Å²) in [5, 5.41) is 0. The molecule has 0 fully saturated rings. The number of rotatable bonds is 1. The van der Waals surface area contributed by atoms with E-state index in [0.717, 1.165) is 0 Å². The van der Waals surface area contributed by atoms with E-state index in [2.05, 4.69) is 48.5 Å². The zero-order valence-corrected chi connectivity index (χ0v) is 10.9. The zero-order chi connectivity index (χ0) is 12.7. The summed E-state index contributed by atoms with van der Waals surface area (Å²) in [4.78, 5) is 0. The van der Waals surface area contributed by atoms with Crippen molar-refractivity contribution in [2.75, 3.05) is 0 Å². The summed E-state index contributed by atoms with van der Waals surface area (Å²) in [5.74, 6) is 0. The molecule has 0 bridgehead atoms. The van der Waals surface area contributed by atoms with Crippen LogP contribution >= 0.6 is 0 Å². The van der Waals surface area contributed by atoms with Crippen LogP contribution in [0.5, 0.6) is 0 Å². The average Bonchev–Trinajstić information content (AvgIpc) is 2.29. The zero-order valence-electron chi connectivity index (χ0n) is 8.89. The smallest absolute Gasteiger partial charge is 0.0184 e. The molecule has 0 aliphatic carbocycles. The molecule has 0 aromatic heterocycles. The van der Waals surface area contributed by atoms with Gasteiger partial charge < -0.3 is 0 Å². The molecule has 17 heavy (non-hydrogen) atoms. The fourth-order valence-corrected chi connectivity index (χ4v) is 1.26. The first-order chi connectivity index (χ1) is 7.97. The molecule has 2 aromatic rings. The normalized spacial score (nSPS) is 10.2. The molecule has 0 heterocycles. The van der Waals surface area contributed by atoms with Crippen molar-refractivity contribution in [1.82, 2.24) is 0 Å². The van der Waals surface area contributed by atoms with Gasteiger partial charge in [0.05, 0.1) is 0 Å². The van der Waals surface area contributed by atoms with Crippen molar-refractivity contribution in [3.63, 3.8) is 0 Å². The molecular weight excluding hydrogens is 304 g/mol. The second-order valence-corrected chi connectivity index (χ2v) is 5.38. The minimum absolute atomic E-state index is 1.28. The first-order valence-electron chi connectivity index (χ1n) is 4.77. The Hall–Kier alpha value is -1.35.